The number of aromatic nitrogens is 3. The molecule has 1 aromatic carbocycles. The Bertz CT molecular complexity index is 715. The molecule has 0 unspecified atom stereocenters. The van der Waals surface area contributed by atoms with Gasteiger partial charge in [-0.15, -0.1) is 5.10 Å². The molecule has 2 N–H and O–H groups in total. The van der Waals surface area contributed by atoms with Crippen LogP contribution < -0.4 is 5.32 Å². The van der Waals surface area contributed by atoms with E-state index in [0.717, 1.165) is 0 Å². The summed E-state index contributed by atoms with van der Waals surface area (Å²) < 4.78 is 1.51. The molecule has 0 aliphatic carbocycles. The lowest BCUT2D eigenvalue weighted by atomic mass is 10.0. The average Bonchev–Trinajstić information content (AvgIpc) is 2.97. The first kappa shape index (κ1) is 15.7. The predicted octanol–water partition coefficient (Wildman–Crippen LogP) is 0.807. The van der Waals surface area contributed by atoms with E-state index in [1.165, 1.54) is 10.7 Å². The number of nitriles is 1. The van der Waals surface area contributed by atoms with E-state index in [1.54, 1.807) is 24.4 Å². The van der Waals surface area contributed by atoms with Crippen molar-refractivity contribution in [3.05, 3.63) is 47.3 Å². The van der Waals surface area contributed by atoms with E-state index in [9.17, 15) is 4.79 Å². The lowest BCUT2D eigenvalue weighted by Gasteiger charge is -2.23. The Morgan fingerprint density at radius 2 is 2.27 bits per heavy atom. The number of hydrogen-bond donors (Lipinski definition) is 2. The molecule has 0 saturated carbocycles. The molecule has 0 bridgehead atoms. The van der Waals surface area contributed by atoms with Crippen LogP contribution in [-0.4, -0.2) is 32.6 Å². The summed E-state index contributed by atoms with van der Waals surface area (Å²) in [6.07, 6.45) is 1.68. The van der Waals surface area contributed by atoms with Crippen LogP contribution >= 0.6 is 0 Å². The minimum absolute atomic E-state index is 0.0312. The van der Waals surface area contributed by atoms with Crippen LogP contribution in [0.25, 0.3) is 0 Å². The van der Waals surface area contributed by atoms with Crippen LogP contribution in [0.5, 0.6) is 0 Å². The average molecular weight is 299 g/mol. The molecule has 0 aliphatic heterocycles. The third kappa shape index (κ3) is 3.48. The number of aliphatic hydroxyl groups is 1. The third-order valence-corrected chi connectivity index (χ3v) is 3.19. The van der Waals surface area contributed by atoms with Crippen molar-refractivity contribution in [2.75, 3.05) is 6.61 Å². The second kappa shape index (κ2) is 6.37. The van der Waals surface area contributed by atoms with Gasteiger partial charge in [0.1, 0.15) is 5.69 Å². The minimum atomic E-state index is -0.729. The standard InChI is InChI=1S/C15H17N5O2/c1-15(2,13-10-20(6-7-21)19-18-13)17-14(22)12-5-3-4-11(8-12)9-16/h3-5,8,10,21H,6-7H2,1-2H3,(H,17,22). The molecule has 0 spiro atoms. The first-order chi connectivity index (χ1) is 10.5. The van der Waals surface area contributed by atoms with Gasteiger partial charge in [0.25, 0.3) is 5.91 Å². The Morgan fingerprint density at radius 3 is 2.95 bits per heavy atom. The highest BCUT2D eigenvalue weighted by molar-refractivity contribution is 5.95. The molecule has 7 nitrogen and oxygen atoms in total. The van der Waals surface area contributed by atoms with E-state index >= 15 is 0 Å². The van der Waals surface area contributed by atoms with E-state index < -0.39 is 5.54 Å². The minimum Gasteiger partial charge on any atom is -0.394 e. The zero-order chi connectivity index (χ0) is 16.2. The summed E-state index contributed by atoms with van der Waals surface area (Å²) in [5, 5.41) is 28.6. The predicted molar refractivity (Wildman–Crippen MR) is 78.8 cm³/mol. The Hall–Kier alpha value is -2.72. The summed E-state index contributed by atoms with van der Waals surface area (Å²) in [6.45, 7) is 3.94. The summed E-state index contributed by atoms with van der Waals surface area (Å²) in [7, 11) is 0. The van der Waals surface area contributed by atoms with Crippen LogP contribution in [0.1, 0.15) is 35.5 Å². The highest BCUT2D eigenvalue weighted by Gasteiger charge is 2.26. The van der Waals surface area contributed by atoms with E-state index in [-0.39, 0.29) is 12.5 Å². The van der Waals surface area contributed by atoms with E-state index in [4.69, 9.17) is 10.4 Å². The molecule has 0 fully saturated rings. The highest BCUT2D eigenvalue weighted by atomic mass is 16.3. The summed E-state index contributed by atoms with van der Waals surface area (Å²) >= 11 is 0. The van der Waals surface area contributed by atoms with Crippen LogP contribution in [0.4, 0.5) is 0 Å². The van der Waals surface area contributed by atoms with Crippen molar-refractivity contribution < 1.29 is 9.90 Å². The summed E-state index contributed by atoms with van der Waals surface area (Å²) in [6, 6.07) is 8.49. The van der Waals surface area contributed by atoms with E-state index in [0.29, 0.717) is 23.4 Å². The molecule has 2 aromatic rings. The molecule has 0 atom stereocenters. The molecule has 0 aliphatic rings. The Labute approximate surface area is 128 Å². The highest BCUT2D eigenvalue weighted by Crippen LogP contribution is 2.18. The van der Waals surface area contributed by atoms with Crippen LogP contribution in [0.15, 0.2) is 30.5 Å². The van der Waals surface area contributed by atoms with Crippen LogP contribution in [-0.2, 0) is 12.1 Å². The van der Waals surface area contributed by atoms with Gasteiger partial charge < -0.3 is 10.4 Å². The molecule has 1 heterocycles. The van der Waals surface area contributed by atoms with Gasteiger partial charge in [-0.2, -0.15) is 5.26 Å². The maximum Gasteiger partial charge on any atom is 0.252 e. The molecule has 7 heteroatoms. The number of hydrogen-bond acceptors (Lipinski definition) is 5. The first-order valence-corrected chi connectivity index (χ1v) is 6.80. The zero-order valence-corrected chi connectivity index (χ0v) is 12.4. The van der Waals surface area contributed by atoms with Crippen molar-refractivity contribution >= 4 is 5.91 Å². The van der Waals surface area contributed by atoms with Gasteiger partial charge in [-0.25, -0.2) is 4.68 Å². The van der Waals surface area contributed by atoms with Gasteiger partial charge in [0, 0.05) is 5.56 Å². The quantitative estimate of drug-likeness (QED) is 0.850. The van der Waals surface area contributed by atoms with Gasteiger partial charge in [0.15, 0.2) is 0 Å². The fraction of sp³-hybridized carbons (Fsp3) is 0.333. The van der Waals surface area contributed by atoms with Crippen molar-refractivity contribution in [3.8, 4) is 6.07 Å². The van der Waals surface area contributed by atoms with Gasteiger partial charge in [-0.1, -0.05) is 11.3 Å². The number of nitrogens with one attached hydrogen (secondary N) is 1. The maximum absolute atomic E-state index is 12.3. The van der Waals surface area contributed by atoms with Crippen LogP contribution in [0.3, 0.4) is 0 Å². The fourth-order valence-electron chi connectivity index (χ4n) is 1.95. The number of aliphatic hydroxyl groups excluding tert-OH is 1. The summed E-state index contributed by atoms with van der Waals surface area (Å²) in [5.41, 5.74) is 0.702. The molecule has 1 aromatic heterocycles. The van der Waals surface area contributed by atoms with Crippen LogP contribution in [0.2, 0.25) is 0 Å². The first-order valence-electron chi connectivity index (χ1n) is 6.80. The van der Waals surface area contributed by atoms with Crippen molar-refractivity contribution in [1.82, 2.24) is 20.3 Å². The number of carbonyl (C=O) groups excluding carboxylic acids is 1. The zero-order valence-electron chi connectivity index (χ0n) is 12.4. The smallest absolute Gasteiger partial charge is 0.252 e. The van der Waals surface area contributed by atoms with Crippen molar-refractivity contribution in [1.29, 1.82) is 5.26 Å². The number of amides is 1. The maximum atomic E-state index is 12.3. The Kier molecular flexibility index (Phi) is 4.53. The Morgan fingerprint density at radius 1 is 1.50 bits per heavy atom. The van der Waals surface area contributed by atoms with Gasteiger partial charge in [-0.3, -0.25) is 4.79 Å². The molecular weight excluding hydrogens is 282 g/mol. The van der Waals surface area contributed by atoms with Crippen molar-refractivity contribution in [3.63, 3.8) is 0 Å². The molecule has 0 radical (unpaired) electrons. The largest absolute Gasteiger partial charge is 0.394 e. The SMILES string of the molecule is CC(C)(NC(=O)c1cccc(C#N)c1)c1cn(CCO)nn1. The van der Waals surface area contributed by atoms with E-state index in [1.807, 2.05) is 19.9 Å². The van der Waals surface area contributed by atoms with Gasteiger partial charge in [0.05, 0.1) is 36.5 Å². The fourth-order valence-corrected chi connectivity index (χ4v) is 1.95. The molecule has 0 saturated heterocycles. The van der Waals surface area contributed by atoms with Crippen molar-refractivity contribution in [2.45, 2.75) is 25.9 Å². The molecule has 22 heavy (non-hydrogen) atoms. The normalized spacial score (nSPS) is 11.0. The van der Waals surface area contributed by atoms with Gasteiger partial charge in [-0.05, 0) is 32.0 Å². The lowest BCUT2D eigenvalue weighted by molar-refractivity contribution is 0.0910. The van der Waals surface area contributed by atoms with E-state index in [2.05, 4.69) is 15.6 Å². The topological polar surface area (TPSA) is 104 Å². The number of rotatable bonds is 5. The molecule has 114 valence electrons. The number of benzene rings is 1. The van der Waals surface area contributed by atoms with Crippen LogP contribution in [0, 0.1) is 11.3 Å². The molecular formula is C15H17N5O2. The third-order valence-electron chi connectivity index (χ3n) is 3.19. The number of nitrogens with zero attached hydrogens (tertiary/aromatic N) is 4. The lowest BCUT2D eigenvalue weighted by Crippen LogP contribution is -2.41. The second-order valence-electron chi connectivity index (χ2n) is 5.36. The number of carbonyl (C=O) groups is 1. The molecule has 2 rings (SSSR count). The summed E-state index contributed by atoms with van der Waals surface area (Å²) in [4.78, 5) is 12.3. The Balaban J connectivity index is 2.16. The molecule has 1 amide bonds. The van der Waals surface area contributed by atoms with Crippen molar-refractivity contribution in [2.24, 2.45) is 0 Å². The monoisotopic (exact) mass is 299 g/mol. The van der Waals surface area contributed by atoms with Gasteiger partial charge in [0.2, 0.25) is 0 Å². The summed E-state index contributed by atoms with van der Waals surface area (Å²) in [5.74, 6) is -0.293. The second-order valence-corrected chi connectivity index (χ2v) is 5.36. The van der Waals surface area contributed by atoms with Gasteiger partial charge >= 0.3 is 0 Å².